The lowest BCUT2D eigenvalue weighted by Gasteiger charge is -1.99. The molecule has 0 radical (unpaired) electrons. The van der Waals surface area contributed by atoms with Crippen LogP contribution in [0.3, 0.4) is 0 Å². The molecular weight excluding hydrogens is 521 g/mol. The van der Waals surface area contributed by atoms with E-state index >= 15 is 0 Å². The van der Waals surface area contributed by atoms with Crippen LogP contribution in [0.5, 0.6) is 0 Å². The maximum atomic E-state index is 5.28. The molecule has 3 aromatic rings. The van der Waals surface area contributed by atoms with Crippen LogP contribution in [0.2, 0.25) is 0 Å². The summed E-state index contributed by atoms with van der Waals surface area (Å²) < 4.78 is 5.28. The Labute approximate surface area is 244 Å². The Hall–Kier alpha value is -1.62. The van der Waals surface area contributed by atoms with Gasteiger partial charge in [-0.05, 0) is 69.0 Å². The molecule has 0 N–H and O–H groups in total. The molecule has 3 heterocycles. The van der Waals surface area contributed by atoms with Crippen molar-refractivity contribution in [3.05, 3.63) is 56.1 Å². The number of ether oxygens (including phenoxy) is 1. The van der Waals surface area contributed by atoms with Gasteiger partial charge in [0, 0.05) is 40.4 Å². The lowest BCUT2D eigenvalue weighted by atomic mass is 10.1. The minimum absolute atomic E-state index is 1.18. The average molecular weight is 569 g/mol. The molecule has 0 unspecified atom stereocenters. The molecule has 0 aliphatic carbocycles. The highest BCUT2D eigenvalue weighted by Gasteiger charge is 2.15. The second kappa shape index (κ2) is 17.9. The number of unbranched alkanes of at least 4 members (excludes halogenated alkanes) is 10. The summed E-state index contributed by atoms with van der Waals surface area (Å²) in [6, 6.07) is 9.56. The zero-order chi connectivity index (χ0) is 27.0. The largest absolute Gasteiger partial charge is 0.504 e. The molecule has 3 rings (SSSR count). The van der Waals surface area contributed by atoms with Crippen LogP contribution in [0.25, 0.3) is 33.0 Å². The summed E-state index contributed by atoms with van der Waals surface area (Å²) >= 11 is 5.84. The number of hydrogen-bond donors (Lipinski definition) is 0. The first-order valence-electron chi connectivity index (χ1n) is 14.9. The highest BCUT2D eigenvalue weighted by atomic mass is 32.1. The van der Waals surface area contributed by atoms with E-state index in [1.807, 2.05) is 40.3 Å². The number of allylic oxidation sites excluding steroid dienone is 1. The van der Waals surface area contributed by atoms with E-state index in [1.165, 1.54) is 130 Å². The fourth-order valence-corrected chi connectivity index (χ4v) is 8.36. The predicted octanol–water partition coefficient (Wildman–Crippen LogP) is 12.7. The number of hydrogen-bond acceptors (Lipinski definition) is 4. The number of thiophene rings is 3. The van der Waals surface area contributed by atoms with Crippen LogP contribution in [-0.2, 0) is 17.6 Å². The topological polar surface area (TPSA) is 9.23 Å². The van der Waals surface area contributed by atoms with Gasteiger partial charge in [-0.2, -0.15) is 0 Å². The number of rotatable bonds is 19. The van der Waals surface area contributed by atoms with Gasteiger partial charge in [-0.25, -0.2) is 0 Å². The fraction of sp³-hybridized carbons (Fsp3) is 0.529. The molecule has 0 atom stereocenters. The summed E-state index contributed by atoms with van der Waals surface area (Å²) in [7, 11) is 1.73. The van der Waals surface area contributed by atoms with E-state index in [4.69, 9.17) is 4.74 Å². The lowest BCUT2D eigenvalue weighted by Crippen LogP contribution is -1.82. The maximum Gasteiger partial charge on any atom is 0.0838 e. The van der Waals surface area contributed by atoms with Crippen molar-refractivity contribution in [2.45, 2.75) is 111 Å². The van der Waals surface area contributed by atoms with Gasteiger partial charge in [0.05, 0.1) is 13.4 Å². The van der Waals surface area contributed by atoms with Gasteiger partial charge in [0.25, 0.3) is 0 Å². The van der Waals surface area contributed by atoms with Crippen LogP contribution < -0.4 is 0 Å². The Morgan fingerprint density at radius 1 is 0.632 bits per heavy atom. The molecular formula is C34H48OS3. The molecule has 38 heavy (non-hydrogen) atoms. The van der Waals surface area contributed by atoms with Crippen molar-refractivity contribution < 1.29 is 4.74 Å². The predicted molar refractivity (Wildman–Crippen MR) is 176 cm³/mol. The van der Waals surface area contributed by atoms with Crippen molar-refractivity contribution in [2.24, 2.45) is 0 Å². The van der Waals surface area contributed by atoms with Crippen LogP contribution in [0.15, 0.2) is 36.6 Å². The van der Waals surface area contributed by atoms with E-state index in [9.17, 15) is 0 Å². The van der Waals surface area contributed by atoms with E-state index in [0.29, 0.717) is 0 Å². The molecule has 0 saturated carbocycles. The molecule has 0 aromatic carbocycles. The van der Waals surface area contributed by atoms with Crippen molar-refractivity contribution in [3.8, 4) is 20.9 Å². The third-order valence-corrected chi connectivity index (χ3v) is 10.5. The molecule has 0 spiro atoms. The second-order valence-corrected chi connectivity index (χ2v) is 13.6. The normalized spacial score (nSPS) is 11.9. The molecule has 4 heteroatoms. The monoisotopic (exact) mass is 568 g/mol. The smallest absolute Gasteiger partial charge is 0.0838 e. The number of methoxy groups -OCH3 is 1. The van der Waals surface area contributed by atoms with Crippen LogP contribution in [0.1, 0.15) is 117 Å². The van der Waals surface area contributed by atoms with Gasteiger partial charge in [0.15, 0.2) is 0 Å². The Balaban J connectivity index is 1.73. The zero-order valence-electron chi connectivity index (χ0n) is 24.2. The van der Waals surface area contributed by atoms with Gasteiger partial charge in [0.1, 0.15) is 0 Å². The first-order chi connectivity index (χ1) is 18.7. The van der Waals surface area contributed by atoms with E-state index in [1.54, 1.807) is 7.11 Å². The Morgan fingerprint density at radius 2 is 1.11 bits per heavy atom. The van der Waals surface area contributed by atoms with Crippen molar-refractivity contribution in [1.82, 2.24) is 0 Å². The van der Waals surface area contributed by atoms with Gasteiger partial charge < -0.3 is 4.74 Å². The highest BCUT2D eigenvalue weighted by Crippen LogP contribution is 2.43. The standard InChI is InChI=1S/C34H48OS3/c1-5-8-10-12-14-16-19-27-25-29(31(36-27)18-7-3)32-21-22-33(38-32)30-26-28(37-34(30)23-24-35-4)20-17-15-13-11-9-6-2/h7,18,21-26H,5-6,8-17,19-20H2,1-4H3/b18-7+,24-23+. The lowest BCUT2D eigenvalue weighted by molar-refractivity contribution is 0.341. The first kappa shape index (κ1) is 30.9. The SMILES string of the molecule is C/C=C/c1sc(CCCCCCCC)cc1-c1ccc(-c2cc(CCCCCCCC)sc2/C=C/OC)s1. The summed E-state index contributed by atoms with van der Waals surface area (Å²) in [6.07, 6.45) is 27.0. The fourth-order valence-electron chi connectivity index (χ4n) is 4.86. The molecule has 0 saturated heterocycles. The highest BCUT2D eigenvalue weighted by molar-refractivity contribution is 7.20. The van der Waals surface area contributed by atoms with Crippen molar-refractivity contribution >= 4 is 46.2 Å². The van der Waals surface area contributed by atoms with Gasteiger partial charge in [-0.1, -0.05) is 84.1 Å². The van der Waals surface area contributed by atoms with Gasteiger partial charge in [-0.15, -0.1) is 34.0 Å². The van der Waals surface area contributed by atoms with Crippen molar-refractivity contribution in [2.75, 3.05) is 7.11 Å². The molecule has 0 amide bonds. The Kier molecular flexibility index (Phi) is 14.5. The summed E-state index contributed by atoms with van der Waals surface area (Å²) in [5, 5.41) is 0. The third kappa shape index (κ3) is 9.84. The van der Waals surface area contributed by atoms with Crippen LogP contribution in [-0.4, -0.2) is 7.11 Å². The van der Waals surface area contributed by atoms with Gasteiger partial charge in [-0.3, -0.25) is 0 Å². The average Bonchev–Trinajstić information content (AvgIpc) is 3.65. The molecule has 0 fully saturated rings. The molecule has 0 aliphatic rings. The van der Waals surface area contributed by atoms with E-state index in [2.05, 4.69) is 63.3 Å². The van der Waals surface area contributed by atoms with E-state index < -0.39 is 0 Å². The van der Waals surface area contributed by atoms with E-state index in [-0.39, 0.29) is 0 Å². The molecule has 3 aromatic heterocycles. The van der Waals surface area contributed by atoms with Crippen LogP contribution in [0.4, 0.5) is 0 Å². The maximum absolute atomic E-state index is 5.28. The Morgan fingerprint density at radius 3 is 1.58 bits per heavy atom. The van der Waals surface area contributed by atoms with Crippen molar-refractivity contribution in [1.29, 1.82) is 0 Å². The molecule has 0 aliphatic heterocycles. The second-order valence-electron chi connectivity index (χ2n) is 10.2. The summed E-state index contributed by atoms with van der Waals surface area (Å²) in [4.78, 5) is 8.46. The van der Waals surface area contributed by atoms with Gasteiger partial charge >= 0.3 is 0 Å². The van der Waals surface area contributed by atoms with E-state index in [0.717, 1.165) is 0 Å². The summed E-state index contributed by atoms with van der Waals surface area (Å²) in [5.74, 6) is 0. The molecule has 1 nitrogen and oxygen atoms in total. The molecule has 208 valence electrons. The van der Waals surface area contributed by atoms with Crippen LogP contribution >= 0.6 is 34.0 Å². The number of aryl methyl sites for hydroxylation is 2. The Bertz CT molecular complexity index is 1110. The van der Waals surface area contributed by atoms with Crippen molar-refractivity contribution in [3.63, 3.8) is 0 Å². The van der Waals surface area contributed by atoms with Gasteiger partial charge in [0.2, 0.25) is 0 Å². The summed E-state index contributed by atoms with van der Waals surface area (Å²) in [6.45, 7) is 6.70. The zero-order valence-corrected chi connectivity index (χ0v) is 26.6. The third-order valence-electron chi connectivity index (χ3n) is 6.99. The first-order valence-corrected chi connectivity index (χ1v) is 17.3. The minimum atomic E-state index is 1.18. The summed E-state index contributed by atoms with van der Waals surface area (Å²) in [5.41, 5.74) is 2.76. The van der Waals surface area contributed by atoms with Crippen LogP contribution in [0, 0.1) is 0 Å². The quantitative estimate of drug-likeness (QED) is 0.103. The molecule has 0 bridgehead atoms. The minimum Gasteiger partial charge on any atom is -0.504 e.